The van der Waals surface area contributed by atoms with Crippen LogP contribution in [0.3, 0.4) is 0 Å². The van der Waals surface area contributed by atoms with Crippen LogP contribution in [0.1, 0.15) is 23.6 Å². The molecular weight excluding hydrogens is 424 g/mol. The zero-order valence-electron chi connectivity index (χ0n) is 17.3. The summed E-state index contributed by atoms with van der Waals surface area (Å²) in [4.78, 5) is 15.5. The lowest BCUT2D eigenvalue weighted by Crippen LogP contribution is -2.31. The van der Waals surface area contributed by atoms with E-state index in [1.165, 1.54) is 21.1 Å². The van der Waals surface area contributed by atoms with E-state index >= 15 is 0 Å². The molecule has 0 saturated heterocycles. The van der Waals surface area contributed by atoms with Gasteiger partial charge >= 0.3 is 0 Å². The lowest BCUT2D eigenvalue weighted by Gasteiger charge is -2.22. The van der Waals surface area contributed by atoms with Gasteiger partial charge in [0.05, 0.1) is 23.7 Å². The molecule has 1 aliphatic rings. The van der Waals surface area contributed by atoms with Crippen LogP contribution in [0.4, 0.5) is 0 Å². The van der Waals surface area contributed by atoms with Gasteiger partial charge < -0.3 is 4.74 Å². The van der Waals surface area contributed by atoms with Crippen LogP contribution in [0.2, 0.25) is 0 Å². The molecule has 160 valence electrons. The van der Waals surface area contributed by atoms with Crippen molar-refractivity contribution in [2.75, 3.05) is 7.11 Å². The van der Waals surface area contributed by atoms with Gasteiger partial charge in [0.2, 0.25) is 5.82 Å². The smallest absolute Gasteiger partial charge is 0.266 e. The molecule has 1 aliphatic heterocycles. The first-order valence-electron chi connectivity index (χ1n) is 10.1. The lowest BCUT2D eigenvalue weighted by molar-refractivity contribution is -0.134. The molecule has 0 spiro atoms. The standard InChI is InChI=1S/C23H20N6O2S/c1-31-18-11-9-17(10-12-18)20-14-19(16-6-3-2-4-7-16)25-29(20)22(30)15-28-26-23(24-27-28)21-8-5-13-32-21/h2-13,20H,14-15H2,1H3/t20-/m0/s1. The van der Waals surface area contributed by atoms with Gasteiger partial charge in [0, 0.05) is 6.42 Å². The highest BCUT2D eigenvalue weighted by molar-refractivity contribution is 7.13. The Hall–Kier alpha value is -3.85. The monoisotopic (exact) mass is 444 g/mol. The lowest BCUT2D eigenvalue weighted by atomic mass is 9.98. The number of ether oxygens (including phenoxy) is 1. The molecule has 1 amide bonds. The number of hydrogen-bond donors (Lipinski definition) is 0. The largest absolute Gasteiger partial charge is 0.497 e. The van der Waals surface area contributed by atoms with Crippen LogP contribution < -0.4 is 4.74 Å². The quantitative estimate of drug-likeness (QED) is 0.452. The third kappa shape index (κ3) is 4.02. The van der Waals surface area contributed by atoms with Crippen molar-refractivity contribution in [3.63, 3.8) is 0 Å². The van der Waals surface area contributed by atoms with E-state index < -0.39 is 0 Å². The van der Waals surface area contributed by atoms with Crippen molar-refractivity contribution in [3.8, 4) is 16.5 Å². The fourth-order valence-electron chi connectivity index (χ4n) is 3.64. The Balaban J connectivity index is 1.41. The van der Waals surface area contributed by atoms with Gasteiger partial charge in [-0.25, -0.2) is 5.01 Å². The van der Waals surface area contributed by atoms with Gasteiger partial charge in [-0.3, -0.25) is 4.79 Å². The van der Waals surface area contributed by atoms with Crippen LogP contribution in [-0.2, 0) is 11.3 Å². The molecule has 0 fully saturated rings. The van der Waals surface area contributed by atoms with Crippen molar-refractivity contribution < 1.29 is 9.53 Å². The van der Waals surface area contributed by atoms with Crippen molar-refractivity contribution >= 4 is 23.0 Å². The molecule has 5 rings (SSSR count). The number of rotatable bonds is 6. The van der Waals surface area contributed by atoms with Crippen LogP contribution in [-0.4, -0.2) is 43.9 Å². The second-order valence-electron chi connectivity index (χ2n) is 7.26. The molecule has 4 aromatic rings. The number of tetrazole rings is 1. The number of carbonyl (C=O) groups is 1. The zero-order valence-corrected chi connectivity index (χ0v) is 18.1. The first-order chi connectivity index (χ1) is 15.7. The normalized spacial score (nSPS) is 15.6. The number of nitrogens with zero attached hydrogens (tertiary/aromatic N) is 6. The highest BCUT2D eigenvalue weighted by Crippen LogP contribution is 2.33. The molecular formula is C23H20N6O2S. The van der Waals surface area contributed by atoms with Crippen LogP contribution >= 0.6 is 11.3 Å². The Morgan fingerprint density at radius 3 is 2.62 bits per heavy atom. The minimum Gasteiger partial charge on any atom is -0.497 e. The highest BCUT2D eigenvalue weighted by atomic mass is 32.1. The first kappa shape index (κ1) is 20.1. The molecule has 3 heterocycles. The van der Waals surface area contributed by atoms with E-state index in [1.54, 1.807) is 7.11 Å². The molecule has 0 unspecified atom stereocenters. The van der Waals surface area contributed by atoms with Gasteiger partial charge in [0.25, 0.3) is 5.91 Å². The van der Waals surface area contributed by atoms with E-state index in [4.69, 9.17) is 9.84 Å². The molecule has 2 aromatic carbocycles. The number of carbonyl (C=O) groups excluding carboxylic acids is 1. The van der Waals surface area contributed by atoms with Gasteiger partial charge in [-0.15, -0.1) is 21.5 Å². The minimum atomic E-state index is -0.219. The Labute approximate surface area is 188 Å². The molecule has 0 radical (unpaired) electrons. The van der Waals surface area contributed by atoms with Gasteiger partial charge in [0.1, 0.15) is 12.3 Å². The van der Waals surface area contributed by atoms with Crippen molar-refractivity contribution in [2.45, 2.75) is 19.0 Å². The zero-order chi connectivity index (χ0) is 21.9. The van der Waals surface area contributed by atoms with Crippen molar-refractivity contribution in [1.29, 1.82) is 0 Å². The summed E-state index contributed by atoms with van der Waals surface area (Å²) in [6.07, 6.45) is 0.618. The third-order valence-corrected chi connectivity index (χ3v) is 6.11. The van der Waals surface area contributed by atoms with Gasteiger partial charge in [-0.2, -0.15) is 9.90 Å². The van der Waals surface area contributed by atoms with Crippen molar-refractivity contribution in [2.24, 2.45) is 5.10 Å². The number of thiophene rings is 1. The summed E-state index contributed by atoms with van der Waals surface area (Å²) in [5.41, 5.74) is 2.85. The molecule has 0 saturated carbocycles. The summed E-state index contributed by atoms with van der Waals surface area (Å²) in [6, 6.07) is 21.3. The maximum atomic E-state index is 13.3. The van der Waals surface area contributed by atoms with Crippen molar-refractivity contribution in [3.05, 3.63) is 83.2 Å². The van der Waals surface area contributed by atoms with Crippen LogP contribution in [0.25, 0.3) is 10.7 Å². The van der Waals surface area contributed by atoms with Crippen LogP contribution in [0.15, 0.2) is 77.2 Å². The molecule has 9 heteroatoms. The second kappa shape index (κ2) is 8.72. The molecule has 32 heavy (non-hydrogen) atoms. The van der Waals surface area contributed by atoms with E-state index in [0.29, 0.717) is 12.2 Å². The molecule has 8 nitrogen and oxygen atoms in total. The number of methoxy groups -OCH3 is 1. The SMILES string of the molecule is COc1ccc([C@@H]2CC(c3ccccc3)=NN2C(=O)Cn2nnc(-c3cccs3)n2)cc1. The number of amides is 1. The predicted molar refractivity (Wildman–Crippen MR) is 121 cm³/mol. The Kier molecular flexibility index (Phi) is 5.47. The van der Waals surface area contributed by atoms with E-state index in [9.17, 15) is 4.79 Å². The second-order valence-corrected chi connectivity index (χ2v) is 8.21. The maximum Gasteiger partial charge on any atom is 0.266 e. The fourth-order valence-corrected chi connectivity index (χ4v) is 4.29. The van der Waals surface area contributed by atoms with Gasteiger partial charge in [0.15, 0.2) is 0 Å². The minimum absolute atomic E-state index is 0.0450. The molecule has 0 N–H and O–H groups in total. The van der Waals surface area contributed by atoms with E-state index in [-0.39, 0.29) is 18.5 Å². The van der Waals surface area contributed by atoms with Crippen LogP contribution in [0, 0.1) is 0 Å². The number of hydrogen-bond acceptors (Lipinski definition) is 7. The first-order valence-corrected chi connectivity index (χ1v) is 11.0. The summed E-state index contributed by atoms with van der Waals surface area (Å²) in [7, 11) is 1.63. The molecule has 0 bridgehead atoms. The summed E-state index contributed by atoms with van der Waals surface area (Å²) >= 11 is 1.53. The maximum absolute atomic E-state index is 13.3. The summed E-state index contributed by atoms with van der Waals surface area (Å²) in [5.74, 6) is 1.07. The Bertz CT molecular complexity index is 1240. The Morgan fingerprint density at radius 1 is 1.09 bits per heavy atom. The number of benzene rings is 2. The highest BCUT2D eigenvalue weighted by Gasteiger charge is 2.33. The van der Waals surface area contributed by atoms with Gasteiger partial charge in [-0.1, -0.05) is 48.5 Å². The molecule has 0 aliphatic carbocycles. The topological polar surface area (TPSA) is 85.5 Å². The van der Waals surface area contributed by atoms with E-state index in [1.807, 2.05) is 72.1 Å². The van der Waals surface area contributed by atoms with E-state index in [2.05, 4.69) is 15.4 Å². The number of hydrazone groups is 1. The summed E-state index contributed by atoms with van der Waals surface area (Å²) < 4.78 is 5.27. The predicted octanol–water partition coefficient (Wildman–Crippen LogP) is 3.79. The average molecular weight is 445 g/mol. The molecule has 1 atom stereocenters. The molecule has 2 aromatic heterocycles. The van der Waals surface area contributed by atoms with Crippen molar-refractivity contribution in [1.82, 2.24) is 25.2 Å². The van der Waals surface area contributed by atoms with Crippen LogP contribution in [0.5, 0.6) is 5.75 Å². The average Bonchev–Trinajstić information content (AvgIpc) is 3.60. The van der Waals surface area contributed by atoms with E-state index in [0.717, 1.165) is 27.5 Å². The summed E-state index contributed by atoms with van der Waals surface area (Å²) in [5, 5.41) is 20.7. The van der Waals surface area contributed by atoms with Gasteiger partial charge in [-0.05, 0) is 39.9 Å². The number of aromatic nitrogens is 4. The summed E-state index contributed by atoms with van der Waals surface area (Å²) in [6.45, 7) is -0.0450. The Morgan fingerprint density at radius 2 is 1.91 bits per heavy atom. The third-order valence-electron chi connectivity index (χ3n) is 5.24. The fraction of sp³-hybridized carbons (Fsp3) is 0.174.